The first kappa shape index (κ1) is 19.9. The van der Waals surface area contributed by atoms with Crippen molar-refractivity contribution in [3.63, 3.8) is 0 Å². The Kier molecular flexibility index (Phi) is 6.32. The summed E-state index contributed by atoms with van der Waals surface area (Å²) in [5.74, 6) is -0.212. The molecule has 1 amide bonds. The number of nitrogens with one attached hydrogen (secondary N) is 2. The van der Waals surface area contributed by atoms with Crippen LogP contribution in [0.2, 0.25) is 0 Å². The van der Waals surface area contributed by atoms with Gasteiger partial charge < -0.3 is 10.6 Å². The number of hydrogen-bond donors (Lipinski definition) is 2. The van der Waals surface area contributed by atoms with Crippen molar-refractivity contribution in [2.24, 2.45) is 0 Å². The summed E-state index contributed by atoms with van der Waals surface area (Å²) in [6.45, 7) is 0.0642. The van der Waals surface area contributed by atoms with Crippen LogP contribution in [-0.2, 0) is 21.1 Å². The Morgan fingerprint density at radius 3 is 2.21 bits per heavy atom. The van der Waals surface area contributed by atoms with E-state index < -0.39 is 9.84 Å². The molecular formula is C21H23N3O3S. The maximum Gasteiger partial charge on any atom is 0.243 e. The number of benzene rings is 2. The van der Waals surface area contributed by atoms with E-state index >= 15 is 0 Å². The van der Waals surface area contributed by atoms with Gasteiger partial charge in [0.25, 0.3) is 0 Å². The second kappa shape index (κ2) is 8.89. The number of nitriles is 1. The van der Waals surface area contributed by atoms with Crippen LogP contribution in [0, 0.1) is 11.3 Å². The zero-order valence-corrected chi connectivity index (χ0v) is 16.3. The fourth-order valence-electron chi connectivity index (χ4n) is 3.34. The van der Waals surface area contributed by atoms with Crippen molar-refractivity contribution in [2.75, 3.05) is 17.2 Å². The van der Waals surface area contributed by atoms with E-state index in [0.717, 1.165) is 31.2 Å². The van der Waals surface area contributed by atoms with Gasteiger partial charge >= 0.3 is 0 Å². The summed E-state index contributed by atoms with van der Waals surface area (Å²) in [5, 5.41) is 14.2. The van der Waals surface area contributed by atoms with Gasteiger partial charge in [-0.3, -0.25) is 4.79 Å². The summed E-state index contributed by atoms with van der Waals surface area (Å²) in [5.41, 5.74) is 2.24. The SMILES string of the molecule is N#CCc1ccc(NC(=O)CNc2ccc(S(=O)(=O)C3CCCC3)cc2)cc1. The van der Waals surface area contributed by atoms with Crippen molar-refractivity contribution in [2.45, 2.75) is 42.2 Å². The highest BCUT2D eigenvalue weighted by Crippen LogP contribution is 2.30. The molecule has 2 N–H and O–H groups in total. The van der Waals surface area contributed by atoms with Crippen LogP contribution in [0.25, 0.3) is 0 Å². The maximum atomic E-state index is 12.6. The summed E-state index contributed by atoms with van der Waals surface area (Å²) in [6, 6.07) is 15.8. The Morgan fingerprint density at radius 2 is 1.61 bits per heavy atom. The largest absolute Gasteiger partial charge is 0.376 e. The topological polar surface area (TPSA) is 99.1 Å². The second-order valence-corrected chi connectivity index (χ2v) is 9.14. The molecule has 1 aliphatic rings. The van der Waals surface area contributed by atoms with Crippen molar-refractivity contribution in [3.8, 4) is 6.07 Å². The molecule has 146 valence electrons. The predicted octanol–water partition coefficient (Wildman–Crippen LogP) is 3.52. The molecule has 28 heavy (non-hydrogen) atoms. The quantitative estimate of drug-likeness (QED) is 0.745. The van der Waals surface area contributed by atoms with Crippen LogP contribution in [0.15, 0.2) is 53.4 Å². The third-order valence-electron chi connectivity index (χ3n) is 4.90. The molecule has 1 aliphatic carbocycles. The van der Waals surface area contributed by atoms with E-state index in [9.17, 15) is 13.2 Å². The normalized spacial score (nSPS) is 14.4. The number of hydrogen-bond acceptors (Lipinski definition) is 5. The Hall–Kier alpha value is -2.85. The predicted molar refractivity (Wildman–Crippen MR) is 109 cm³/mol. The van der Waals surface area contributed by atoms with Crippen molar-refractivity contribution < 1.29 is 13.2 Å². The molecule has 1 fully saturated rings. The van der Waals surface area contributed by atoms with Gasteiger partial charge in [0.05, 0.1) is 29.2 Å². The Balaban J connectivity index is 1.53. The van der Waals surface area contributed by atoms with Crippen LogP contribution in [0.3, 0.4) is 0 Å². The molecule has 0 aromatic heterocycles. The third kappa shape index (κ3) is 4.90. The first-order valence-electron chi connectivity index (χ1n) is 9.32. The molecule has 3 rings (SSSR count). The number of carbonyl (C=O) groups excluding carboxylic acids is 1. The molecule has 0 saturated heterocycles. The lowest BCUT2D eigenvalue weighted by atomic mass is 10.1. The second-order valence-electron chi connectivity index (χ2n) is 6.91. The lowest BCUT2D eigenvalue weighted by Gasteiger charge is -2.12. The minimum atomic E-state index is -3.26. The minimum absolute atomic E-state index is 0.0642. The fraction of sp³-hybridized carbons (Fsp3) is 0.333. The lowest BCUT2D eigenvalue weighted by Crippen LogP contribution is -2.22. The molecule has 0 heterocycles. The van der Waals surface area contributed by atoms with E-state index in [1.807, 2.05) is 0 Å². The molecule has 0 aliphatic heterocycles. The van der Waals surface area contributed by atoms with Gasteiger partial charge in [0.1, 0.15) is 0 Å². The molecule has 7 heteroatoms. The Bertz CT molecular complexity index is 955. The summed E-state index contributed by atoms with van der Waals surface area (Å²) >= 11 is 0. The molecular weight excluding hydrogens is 374 g/mol. The lowest BCUT2D eigenvalue weighted by molar-refractivity contribution is -0.114. The van der Waals surface area contributed by atoms with Gasteiger partial charge in [0, 0.05) is 11.4 Å². The zero-order chi connectivity index (χ0) is 20.0. The van der Waals surface area contributed by atoms with Crippen LogP contribution < -0.4 is 10.6 Å². The summed E-state index contributed by atoms with van der Waals surface area (Å²) < 4.78 is 25.2. The van der Waals surface area contributed by atoms with Crippen molar-refractivity contribution in [3.05, 3.63) is 54.1 Å². The Labute approximate surface area is 165 Å². The summed E-state index contributed by atoms with van der Waals surface area (Å²) in [6.07, 6.45) is 3.75. The average Bonchev–Trinajstić information content (AvgIpc) is 3.24. The number of amides is 1. The van der Waals surface area contributed by atoms with Crippen LogP contribution >= 0.6 is 0 Å². The van der Waals surface area contributed by atoms with Crippen LogP contribution in [0.4, 0.5) is 11.4 Å². The average molecular weight is 398 g/mol. The van der Waals surface area contributed by atoms with Gasteiger partial charge in [-0.15, -0.1) is 0 Å². The van der Waals surface area contributed by atoms with Gasteiger partial charge in [0.15, 0.2) is 9.84 Å². The van der Waals surface area contributed by atoms with E-state index in [1.165, 1.54) is 0 Å². The first-order valence-corrected chi connectivity index (χ1v) is 10.9. The number of sulfone groups is 1. The van der Waals surface area contributed by atoms with Crippen LogP contribution in [0.5, 0.6) is 0 Å². The molecule has 6 nitrogen and oxygen atoms in total. The number of rotatable bonds is 7. The highest BCUT2D eigenvalue weighted by Gasteiger charge is 2.30. The van der Waals surface area contributed by atoms with Gasteiger partial charge in [-0.1, -0.05) is 25.0 Å². The van der Waals surface area contributed by atoms with Crippen molar-refractivity contribution in [1.29, 1.82) is 5.26 Å². The Morgan fingerprint density at radius 1 is 1.00 bits per heavy atom. The number of carbonyl (C=O) groups is 1. The maximum absolute atomic E-state index is 12.6. The van der Waals surface area contributed by atoms with Gasteiger partial charge in [0.2, 0.25) is 5.91 Å². The van der Waals surface area contributed by atoms with E-state index in [-0.39, 0.29) is 17.7 Å². The smallest absolute Gasteiger partial charge is 0.243 e. The highest BCUT2D eigenvalue weighted by atomic mass is 32.2. The van der Waals surface area contributed by atoms with Crippen LogP contribution in [0.1, 0.15) is 31.2 Å². The van der Waals surface area contributed by atoms with Gasteiger partial charge in [-0.2, -0.15) is 5.26 Å². The van der Waals surface area contributed by atoms with E-state index in [0.29, 0.717) is 22.7 Å². The van der Waals surface area contributed by atoms with E-state index in [4.69, 9.17) is 5.26 Å². The summed E-state index contributed by atoms with van der Waals surface area (Å²) in [4.78, 5) is 12.4. The molecule has 0 unspecified atom stereocenters. The van der Waals surface area contributed by atoms with E-state index in [2.05, 4.69) is 16.7 Å². The molecule has 0 atom stereocenters. The van der Waals surface area contributed by atoms with Crippen molar-refractivity contribution >= 4 is 27.1 Å². The third-order valence-corrected chi connectivity index (χ3v) is 7.18. The first-order chi connectivity index (χ1) is 13.5. The number of anilines is 2. The molecule has 2 aromatic rings. The molecule has 1 saturated carbocycles. The highest BCUT2D eigenvalue weighted by molar-refractivity contribution is 7.92. The van der Waals surface area contributed by atoms with Crippen LogP contribution in [-0.4, -0.2) is 26.1 Å². The molecule has 0 radical (unpaired) electrons. The minimum Gasteiger partial charge on any atom is -0.376 e. The van der Waals surface area contributed by atoms with Gasteiger partial charge in [-0.25, -0.2) is 8.42 Å². The van der Waals surface area contributed by atoms with E-state index in [1.54, 1.807) is 48.5 Å². The molecule has 0 spiro atoms. The summed E-state index contributed by atoms with van der Waals surface area (Å²) in [7, 11) is -3.26. The fourth-order valence-corrected chi connectivity index (χ4v) is 5.19. The monoisotopic (exact) mass is 397 g/mol. The van der Waals surface area contributed by atoms with Gasteiger partial charge in [-0.05, 0) is 54.8 Å². The standard InChI is InChI=1S/C21H23N3O3S/c22-14-13-16-5-7-18(8-6-16)24-21(25)15-23-17-9-11-20(12-10-17)28(26,27)19-3-1-2-4-19/h5-12,19,23H,1-4,13,15H2,(H,24,25). The molecule has 2 aromatic carbocycles. The number of nitrogens with zero attached hydrogens (tertiary/aromatic N) is 1. The zero-order valence-electron chi connectivity index (χ0n) is 15.5. The van der Waals surface area contributed by atoms with Crippen molar-refractivity contribution in [1.82, 2.24) is 0 Å². The molecule has 0 bridgehead atoms.